The van der Waals surface area contributed by atoms with E-state index in [1.165, 1.54) is 16.3 Å². The SMILES string of the molecule is Cc1c(NN)nc(C(C)C)nc1Sc1n[nH]c(=O)n1C. The Balaban J connectivity index is 2.47. The number of aromatic amines is 1. The Labute approximate surface area is 120 Å². The number of nitrogens with two attached hydrogens (primary N) is 1. The van der Waals surface area contributed by atoms with Gasteiger partial charge in [-0.15, -0.1) is 5.10 Å². The average Bonchev–Trinajstić information content (AvgIpc) is 2.72. The van der Waals surface area contributed by atoms with E-state index in [0.29, 0.717) is 16.8 Å². The molecule has 0 saturated carbocycles. The zero-order chi connectivity index (χ0) is 14.9. The molecule has 0 aromatic carbocycles. The van der Waals surface area contributed by atoms with E-state index < -0.39 is 0 Å². The molecule has 2 aromatic rings. The Hall–Kier alpha value is -1.87. The Morgan fingerprint density at radius 1 is 1.40 bits per heavy atom. The molecule has 0 aliphatic rings. The smallest absolute Gasteiger partial charge is 0.308 e. The van der Waals surface area contributed by atoms with Crippen molar-refractivity contribution < 1.29 is 0 Å². The molecule has 8 nitrogen and oxygen atoms in total. The lowest BCUT2D eigenvalue weighted by molar-refractivity contribution is 0.741. The van der Waals surface area contributed by atoms with Crippen LogP contribution in [0.4, 0.5) is 5.82 Å². The van der Waals surface area contributed by atoms with Crippen LogP contribution >= 0.6 is 11.8 Å². The molecule has 0 atom stereocenters. The third-order valence-corrected chi connectivity index (χ3v) is 3.94. The maximum atomic E-state index is 11.4. The van der Waals surface area contributed by atoms with Gasteiger partial charge in [0.05, 0.1) is 0 Å². The van der Waals surface area contributed by atoms with Crippen LogP contribution < -0.4 is 17.0 Å². The summed E-state index contributed by atoms with van der Waals surface area (Å²) in [6.45, 7) is 5.87. The summed E-state index contributed by atoms with van der Waals surface area (Å²) >= 11 is 1.30. The van der Waals surface area contributed by atoms with Gasteiger partial charge in [-0.25, -0.2) is 25.7 Å². The molecule has 0 bridgehead atoms. The maximum Gasteiger partial charge on any atom is 0.343 e. The normalized spacial score (nSPS) is 11.1. The first-order valence-electron chi connectivity index (χ1n) is 6.08. The summed E-state index contributed by atoms with van der Waals surface area (Å²) < 4.78 is 1.43. The standard InChI is InChI=1S/C11H17N7OS/c1-5(2)7-13-8(15-12)6(3)9(14-7)20-11-17-16-10(19)18(11)4/h5H,12H2,1-4H3,(H,16,19)(H,13,14,15). The summed E-state index contributed by atoms with van der Waals surface area (Å²) in [6.07, 6.45) is 0. The fourth-order valence-corrected chi connectivity index (χ4v) is 2.39. The van der Waals surface area contributed by atoms with E-state index in [1.54, 1.807) is 7.05 Å². The van der Waals surface area contributed by atoms with Gasteiger partial charge in [-0.3, -0.25) is 4.57 Å². The molecule has 0 spiro atoms. The third-order valence-electron chi connectivity index (χ3n) is 2.80. The van der Waals surface area contributed by atoms with Crippen molar-refractivity contribution in [1.29, 1.82) is 0 Å². The zero-order valence-electron chi connectivity index (χ0n) is 11.8. The number of nitrogens with zero attached hydrogens (tertiary/aromatic N) is 4. The number of aromatic nitrogens is 5. The average molecular weight is 295 g/mol. The fourth-order valence-electron chi connectivity index (χ4n) is 1.52. The van der Waals surface area contributed by atoms with Crippen molar-refractivity contribution >= 4 is 17.6 Å². The van der Waals surface area contributed by atoms with Gasteiger partial charge in [0.25, 0.3) is 0 Å². The quantitative estimate of drug-likeness (QED) is 0.433. The van der Waals surface area contributed by atoms with Crippen LogP contribution in [0.25, 0.3) is 0 Å². The zero-order valence-corrected chi connectivity index (χ0v) is 12.6. The molecule has 9 heteroatoms. The molecule has 0 radical (unpaired) electrons. The molecule has 2 rings (SSSR count). The van der Waals surface area contributed by atoms with Crippen molar-refractivity contribution in [3.05, 3.63) is 21.9 Å². The van der Waals surface area contributed by atoms with Crippen LogP contribution in [0, 0.1) is 6.92 Å². The second kappa shape index (κ2) is 5.63. The highest BCUT2D eigenvalue weighted by molar-refractivity contribution is 7.99. The molecule has 0 aliphatic carbocycles. The van der Waals surface area contributed by atoms with Gasteiger partial charge in [-0.1, -0.05) is 13.8 Å². The van der Waals surface area contributed by atoms with Crippen LogP contribution in [-0.4, -0.2) is 24.7 Å². The number of nitrogens with one attached hydrogen (secondary N) is 2. The van der Waals surface area contributed by atoms with Crippen LogP contribution in [0.3, 0.4) is 0 Å². The lowest BCUT2D eigenvalue weighted by Gasteiger charge is -2.12. The van der Waals surface area contributed by atoms with Crippen LogP contribution in [0.1, 0.15) is 31.2 Å². The molecule has 108 valence electrons. The van der Waals surface area contributed by atoms with Crippen molar-refractivity contribution in [3.63, 3.8) is 0 Å². The van der Waals surface area contributed by atoms with Crippen LogP contribution in [-0.2, 0) is 7.05 Å². The summed E-state index contributed by atoms with van der Waals surface area (Å²) in [6, 6.07) is 0. The number of hydrogen-bond acceptors (Lipinski definition) is 7. The molecule has 0 saturated heterocycles. The van der Waals surface area contributed by atoms with Gasteiger partial charge in [0, 0.05) is 18.5 Å². The molecule has 2 aromatic heterocycles. The number of hydrogen-bond donors (Lipinski definition) is 3. The molecule has 2 heterocycles. The summed E-state index contributed by atoms with van der Waals surface area (Å²) in [7, 11) is 1.65. The number of hydrazine groups is 1. The minimum atomic E-state index is -0.263. The van der Waals surface area contributed by atoms with Gasteiger partial charge in [0.15, 0.2) is 5.16 Å². The summed E-state index contributed by atoms with van der Waals surface area (Å²) in [5, 5.41) is 7.61. The fraction of sp³-hybridized carbons (Fsp3) is 0.455. The lowest BCUT2D eigenvalue weighted by Crippen LogP contribution is -2.14. The first-order chi connectivity index (χ1) is 9.43. The Kier molecular flexibility index (Phi) is 4.09. The molecule has 4 N–H and O–H groups in total. The number of rotatable bonds is 4. The second-order valence-electron chi connectivity index (χ2n) is 4.63. The van der Waals surface area contributed by atoms with Gasteiger partial charge < -0.3 is 5.43 Å². The second-order valence-corrected chi connectivity index (χ2v) is 5.59. The highest BCUT2D eigenvalue weighted by atomic mass is 32.2. The first kappa shape index (κ1) is 14.5. The van der Waals surface area contributed by atoms with Crippen molar-refractivity contribution in [2.75, 3.05) is 5.43 Å². The minimum absolute atomic E-state index is 0.171. The van der Waals surface area contributed by atoms with E-state index in [-0.39, 0.29) is 11.6 Å². The van der Waals surface area contributed by atoms with Gasteiger partial charge >= 0.3 is 5.69 Å². The Bertz CT molecular complexity index is 676. The monoisotopic (exact) mass is 295 g/mol. The number of H-pyrrole nitrogens is 1. The third kappa shape index (κ3) is 2.68. The topological polar surface area (TPSA) is 115 Å². The molecule has 20 heavy (non-hydrogen) atoms. The summed E-state index contributed by atoms with van der Waals surface area (Å²) in [4.78, 5) is 20.3. The highest BCUT2D eigenvalue weighted by Gasteiger charge is 2.16. The molecular weight excluding hydrogens is 278 g/mol. The van der Waals surface area contributed by atoms with E-state index in [1.807, 2.05) is 20.8 Å². The molecule has 0 aliphatic heterocycles. The van der Waals surface area contributed by atoms with Crippen molar-refractivity contribution in [2.24, 2.45) is 12.9 Å². The predicted molar refractivity (Wildman–Crippen MR) is 76.6 cm³/mol. The number of nitrogen functional groups attached to an aromatic ring is 1. The molecule has 0 fully saturated rings. The molecule has 0 unspecified atom stereocenters. The van der Waals surface area contributed by atoms with Gasteiger partial charge in [-0.05, 0) is 18.7 Å². The van der Waals surface area contributed by atoms with Gasteiger partial charge in [0.1, 0.15) is 16.7 Å². The van der Waals surface area contributed by atoms with Crippen LogP contribution in [0.15, 0.2) is 15.0 Å². The maximum absolute atomic E-state index is 11.4. The first-order valence-corrected chi connectivity index (χ1v) is 6.90. The van der Waals surface area contributed by atoms with E-state index >= 15 is 0 Å². The Morgan fingerprint density at radius 3 is 2.60 bits per heavy atom. The van der Waals surface area contributed by atoms with Crippen LogP contribution in [0.2, 0.25) is 0 Å². The van der Waals surface area contributed by atoms with Crippen molar-refractivity contribution in [3.8, 4) is 0 Å². The largest absolute Gasteiger partial charge is 0.343 e. The predicted octanol–water partition coefficient (Wildman–Crippen LogP) is 0.767. The molecular formula is C11H17N7OS. The van der Waals surface area contributed by atoms with Crippen molar-refractivity contribution in [1.82, 2.24) is 24.7 Å². The van der Waals surface area contributed by atoms with Crippen molar-refractivity contribution in [2.45, 2.75) is 36.9 Å². The van der Waals surface area contributed by atoms with E-state index in [9.17, 15) is 4.79 Å². The molecule has 0 amide bonds. The Morgan fingerprint density at radius 2 is 2.10 bits per heavy atom. The van der Waals surface area contributed by atoms with Crippen LogP contribution in [0.5, 0.6) is 0 Å². The number of anilines is 1. The minimum Gasteiger partial charge on any atom is -0.308 e. The highest BCUT2D eigenvalue weighted by Crippen LogP contribution is 2.30. The van der Waals surface area contributed by atoms with Gasteiger partial charge in [0.2, 0.25) is 0 Å². The summed E-state index contributed by atoms with van der Waals surface area (Å²) in [5.41, 5.74) is 3.13. The van der Waals surface area contributed by atoms with E-state index in [2.05, 4.69) is 25.6 Å². The summed E-state index contributed by atoms with van der Waals surface area (Å²) in [5.74, 6) is 6.92. The van der Waals surface area contributed by atoms with E-state index in [4.69, 9.17) is 5.84 Å². The van der Waals surface area contributed by atoms with Gasteiger partial charge in [-0.2, -0.15) is 0 Å². The van der Waals surface area contributed by atoms with E-state index in [0.717, 1.165) is 10.6 Å². The lowest BCUT2D eigenvalue weighted by atomic mass is 10.2.